The summed E-state index contributed by atoms with van der Waals surface area (Å²) in [7, 11) is 0. The molecule has 1 aliphatic carbocycles. The molecule has 0 atom stereocenters. The van der Waals surface area contributed by atoms with Crippen LogP contribution < -0.4 is 0 Å². The summed E-state index contributed by atoms with van der Waals surface area (Å²) in [5.41, 5.74) is 1.02. The molecule has 0 aromatic rings. The Balaban J connectivity index is 2.86. The first-order valence-electron chi connectivity index (χ1n) is 2.70. The van der Waals surface area contributed by atoms with E-state index in [9.17, 15) is 0 Å². The second-order valence-electron chi connectivity index (χ2n) is 1.80. The van der Waals surface area contributed by atoms with Crippen LogP contribution in [0.3, 0.4) is 0 Å². The topological polar surface area (TPSA) is 0 Å². The van der Waals surface area contributed by atoms with Crippen molar-refractivity contribution in [2.75, 3.05) is 0 Å². The van der Waals surface area contributed by atoms with Crippen LogP contribution in [0.25, 0.3) is 0 Å². The van der Waals surface area contributed by atoms with E-state index in [4.69, 9.17) is 24.4 Å². The highest BCUT2D eigenvalue weighted by Crippen LogP contribution is 2.07. The van der Waals surface area contributed by atoms with Crippen molar-refractivity contribution in [1.82, 2.24) is 0 Å². The molecule has 1 aliphatic rings. The standard InChI is InChI=1S/C7H6S2/c8-5-6-3-1-2-4-7(6)9/h1-3,5H,4H2. The predicted molar refractivity (Wildman–Crippen MR) is 48.1 cm³/mol. The van der Waals surface area contributed by atoms with Gasteiger partial charge in [0.25, 0.3) is 0 Å². The zero-order valence-electron chi connectivity index (χ0n) is 4.83. The average Bonchev–Trinajstić information content (AvgIpc) is 1.89. The van der Waals surface area contributed by atoms with Gasteiger partial charge in [-0.05, 0) is 5.57 Å². The Hall–Kier alpha value is -0.340. The van der Waals surface area contributed by atoms with Crippen molar-refractivity contribution >= 4 is 34.7 Å². The molecule has 0 amide bonds. The molecule has 0 unspecified atom stereocenters. The average molecular weight is 154 g/mol. The first-order chi connectivity index (χ1) is 4.34. The van der Waals surface area contributed by atoms with Gasteiger partial charge in [0.1, 0.15) is 0 Å². The molecule has 0 nitrogen and oxygen atoms in total. The van der Waals surface area contributed by atoms with Crippen molar-refractivity contribution in [3.05, 3.63) is 23.8 Å². The van der Waals surface area contributed by atoms with E-state index >= 15 is 0 Å². The second kappa shape index (κ2) is 2.99. The van der Waals surface area contributed by atoms with E-state index < -0.39 is 0 Å². The van der Waals surface area contributed by atoms with Crippen LogP contribution in [0.2, 0.25) is 0 Å². The summed E-state index contributed by atoms with van der Waals surface area (Å²) in [4.78, 5) is 0.951. The van der Waals surface area contributed by atoms with Crippen molar-refractivity contribution in [2.45, 2.75) is 6.42 Å². The zero-order valence-corrected chi connectivity index (χ0v) is 6.47. The molecule has 0 heterocycles. The predicted octanol–water partition coefficient (Wildman–Crippen LogP) is 2.24. The van der Waals surface area contributed by atoms with Crippen LogP contribution in [0.1, 0.15) is 6.42 Å². The van der Waals surface area contributed by atoms with E-state index in [0.29, 0.717) is 0 Å². The quantitative estimate of drug-likeness (QED) is 0.531. The largest absolute Gasteiger partial charge is 0.0880 e. The van der Waals surface area contributed by atoms with Crippen LogP contribution in [0.5, 0.6) is 0 Å². The fourth-order valence-electron chi connectivity index (χ4n) is 0.663. The van der Waals surface area contributed by atoms with Crippen LogP contribution in [0.4, 0.5) is 0 Å². The Bertz CT molecular complexity index is 199. The number of hydrogen-bond donors (Lipinski definition) is 0. The highest BCUT2D eigenvalue weighted by atomic mass is 32.1. The maximum Gasteiger partial charge on any atom is 0.0270 e. The third kappa shape index (κ3) is 1.53. The van der Waals surface area contributed by atoms with Crippen LogP contribution in [0.15, 0.2) is 23.8 Å². The fourth-order valence-corrected chi connectivity index (χ4v) is 1.18. The smallest absolute Gasteiger partial charge is 0.0270 e. The lowest BCUT2D eigenvalue weighted by atomic mass is 10.1. The van der Waals surface area contributed by atoms with Crippen LogP contribution in [-0.4, -0.2) is 10.2 Å². The van der Waals surface area contributed by atoms with Gasteiger partial charge in [0.2, 0.25) is 0 Å². The summed E-state index contributed by atoms with van der Waals surface area (Å²) >= 11 is 9.74. The second-order valence-corrected chi connectivity index (χ2v) is 2.52. The Morgan fingerprint density at radius 3 is 2.78 bits per heavy atom. The van der Waals surface area contributed by atoms with Crippen molar-refractivity contribution < 1.29 is 0 Å². The monoisotopic (exact) mass is 154 g/mol. The van der Waals surface area contributed by atoms with Crippen molar-refractivity contribution in [1.29, 1.82) is 0 Å². The van der Waals surface area contributed by atoms with Crippen LogP contribution in [0, 0.1) is 0 Å². The third-order valence-corrected chi connectivity index (χ3v) is 1.82. The minimum Gasteiger partial charge on any atom is -0.0880 e. The SMILES string of the molecule is S=CC1=CC=CCC1=S. The van der Waals surface area contributed by atoms with Gasteiger partial charge in [0.05, 0.1) is 0 Å². The van der Waals surface area contributed by atoms with Crippen molar-refractivity contribution in [3.8, 4) is 0 Å². The highest BCUT2D eigenvalue weighted by molar-refractivity contribution is 7.82. The molecule has 0 aromatic carbocycles. The van der Waals surface area contributed by atoms with E-state index in [2.05, 4.69) is 0 Å². The molecule has 0 radical (unpaired) electrons. The molecule has 9 heavy (non-hydrogen) atoms. The Morgan fingerprint density at radius 2 is 2.33 bits per heavy atom. The molecular weight excluding hydrogens is 148 g/mol. The van der Waals surface area contributed by atoms with E-state index in [1.165, 1.54) is 0 Å². The van der Waals surface area contributed by atoms with Gasteiger partial charge in [-0.1, -0.05) is 42.7 Å². The summed E-state index contributed by atoms with van der Waals surface area (Å²) in [6, 6.07) is 0. The number of allylic oxidation sites excluding steroid dienone is 4. The summed E-state index contributed by atoms with van der Waals surface area (Å²) in [5.74, 6) is 0. The molecule has 0 aliphatic heterocycles. The molecule has 0 bridgehead atoms. The minimum absolute atomic E-state index is 0.869. The number of hydrogen-bond acceptors (Lipinski definition) is 2. The first-order valence-corrected chi connectivity index (χ1v) is 3.58. The van der Waals surface area contributed by atoms with E-state index in [1.807, 2.05) is 18.2 Å². The maximum absolute atomic E-state index is 5.01. The van der Waals surface area contributed by atoms with Crippen molar-refractivity contribution in [3.63, 3.8) is 0 Å². The number of thiocarbonyl (C=S) groups is 2. The van der Waals surface area contributed by atoms with Crippen LogP contribution in [-0.2, 0) is 0 Å². The number of rotatable bonds is 1. The molecule has 0 saturated heterocycles. The van der Waals surface area contributed by atoms with E-state index in [0.717, 1.165) is 16.9 Å². The fraction of sp³-hybridized carbons (Fsp3) is 0.143. The first kappa shape index (κ1) is 6.78. The van der Waals surface area contributed by atoms with Crippen molar-refractivity contribution in [2.24, 2.45) is 0 Å². The molecule has 46 valence electrons. The summed E-state index contributed by atoms with van der Waals surface area (Å²) in [6.45, 7) is 0. The zero-order chi connectivity index (χ0) is 6.69. The van der Waals surface area contributed by atoms with Gasteiger partial charge in [0, 0.05) is 16.7 Å². The van der Waals surface area contributed by atoms with Gasteiger partial charge in [0.15, 0.2) is 0 Å². The van der Waals surface area contributed by atoms with Crippen LogP contribution >= 0.6 is 24.4 Å². The van der Waals surface area contributed by atoms with E-state index in [-0.39, 0.29) is 0 Å². The third-order valence-electron chi connectivity index (χ3n) is 1.16. The molecule has 0 fully saturated rings. The molecule has 0 spiro atoms. The van der Waals surface area contributed by atoms with Gasteiger partial charge in [-0.3, -0.25) is 0 Å². The van der Waals surface area contributed by atoms with Gasteiger partial charge < -0.3 is 0 Å². The molecule has 2 heteroatoms. The lowest BCUT2D eigenvalue weighted by molar-refractivity contribution is 1.49. The summed E-state index contributed by atoms with van der Waals surface area (Å²) in [6.07, 6.45) is 6.83. The molecule has 0 saturated carbocycles. The summed E-state index contributed by atoms with van der Waals surface area (Å²) < 4.78 is 0. The minimum atomic E-state index is 0.869. The van der Waals surface area contributed by atoms with Gasteiger partial charge in [-0.2, -0.15) is 0 Å². The van der Waals surface area contributed by atoms with Gasteiger partial charge in [-0.15, -0.1) is 0 Å². The molecule has 0 N–H and O–H groups in total. The molecule has 1 rings (SSSR count). The molecule has 0 aromatic heterocycles. The lowest BCUT2D eigenvalue weighted by Crippen LogP contribution is -2.00. The summed E-state index contributed by atoms with van der Waals surface area (Å²) in [5, 5.41) is 1.63. The van der Waals surface area contributed by atoms with Gasteiger partial charge >= 0.3 is 0 Å². The molecular formula is C7H6S2. The highest BCUT2D eigenvalue weighted by Gasteiger charge is 2.00. The Morgan fingerprint density at radius 1 is 1.56 bits per heavy atom. The maximum atomic E-state index is 5.01. The van der Waals surface area contributed by atoms with Gasteiger partial charge in [-0.25, -0.2) is 0 Å². The Kier molecular flexibility index (Phi) is 2.25. The normalized spacial score (nSPS) is 17.3. The Labute approximate surface area is 65.3 Å². The van der Waals surface area contributed by atoms with E-state index in [1.54, 1.807) is 5.37 Å². The lowest BCUT2D eigenvalue weighted by Gasteiger charge is -2.02.